The lowest BCUT2D eigenvalue weighted by atomic mass is 9.92. The number of pyridine rings is 1. The summed E-state index contributed by atoms with van der Waals surface area (Å²) < 4.78 is 0. The first-order chi connectivity index (χ1) is 8.45. The summed E-state index contributed by atoms with van der Waals surface area (Å²) >= 11 is 0. The Morgan fingerprint density at radius 3 is 2.39 bits per heavy atom. The molecule has 0 bridgehead atoms. The summed E-state index contributed by atoms with van der Waals surface area (Å²) in [6, 6.07) is 1.24. The van der Waals surface area contributed by atoms with Crippen molar-refractivity contribution in [3.05, 3.63) is 24.0 Å². The highest BCUT2D eigenvalue weighted by molar-refractivity contribution is 5.97. The van der Waals surface area contributed by atoms with Crippen LogP contribution in [-0.4, -0.2) is 32.6 Å². The van der Waals surface area contributed by atoms with Crippen LogP contribution in [0, 0.1) is 0 Å². The van der Waals surface area contributed by atoms with Gasteiger partial charge in [0.05, 0.1) is 11.8 Å². The summed E-state index contributed by atoms with van der Waals surface area (Å²) in [7, 11) is 0. The molecule has 0 fully saturated rings. The molecule has 0 aliphatic rings. The van der Waals surface area contributed by atoms with Gasteiger partial charge < -0.3 is 15.5 Å². The minimum atomic E-state index is -1.29. The van der Waals surface area contributed by atoms with Gasteiger partial charge in [-0.05, 0) is 18.9 Å². The molecule has 0 atom stereocenters. The number of rotatable bonds is 5. The number of aliphatic carboxylic acids is 1. The van der Waals surface area contributed by atoms with Crippen LogP contribution >= 0.6 is 0 Å². The summed E-state index contributed by atoms with van der Waals surface area (Å²) in [6.45, 7) is 3.39. The van der Waals surface area contributed by atoms with Gasteiger partial charge in [0, 0.05) is 6.20 Å². The first kappa shape index (κ1) is 14.0. The predicted molar refractivity (Wildman–Crippen MR) is 64.3 cm³/mol. The Morgan fingerprint density at radius 2 is 1.94 bits per heavy atom. The summed E-state index contributed by atoms with van der Waals surface area (Å²) in [5.74, 6) is -1.78. The van der Waals surface area contributed by atoms with Gasteiger partial charge in [0.2, 0.25) is 0 Å². The van der Waals surface area contributed by atoms with Gasteiger partial charge in [-0.25, -0.2) is 4.79 Å². The molecule has 3 N–H and O–H groups in total. The lowest BCUT2D eigenvalue weighted by Crippen LogP contribution is -2.53. The van der Waals surface area contributed by atoms with Gasteiger partial charge in [-0.2, -0.15) is 0 Å². The van der Waals surface area contributed by atoms with Crippen molar-refractivity contribution in [3.63, 3.8) is 0 Å². The highest BCUT2D eigenvalue weighted by Crippen LogP contribution is 2.17. The molecule has 1 aromatic rings. The Hall–Kier alpha value is -2.11. The van der Waals surface area contributed by atoms with E-state index in [-0.39, 0.29) is 24.2 Å². The number of carbonyl (C=O) groups is 2. The number of carboxylic acids is 1. The van der Waals surface area contributed by atoms with Crippen LogP contribution < -0.4 is 5.32 Å². The molecular formula is C12H16N2O4. The van der Waals surface area contributed by atoms with Gasteiger partial charge in [0.15, 0.2) is 0 Å². The normalized spacial score (nSPS) is 11.0. The third-order valence-corrected chi connectivity index (χ3v) is 2.96. The number of hydrogen-bond donors (Lipinski definition) is 3. The second kappa shape index (κ2) is 5.48. The number of aromatic hydroxyl groups is 1. The molecule has 1 rings (SSSR count). The van der Waals surface area contributed by atoms with Gasteiger partial charge in [-0.15, -0.1) is 0 Å². The van der Waals surface area contributed by atoms with E-state index in [1.165, 1.54) is 18.5 Å². The number of carboxylic acid groups (broad SMARTS) is 1. The number of nitrogens with zero attached hydrogens (tertiary/aromatic N) is 1. The van der Waals surface area contributed by atoms with Gasteiger partial charge >= 0.3 is 5.97 Å². The molecule has 0 saturated carbocycles. The monoisotopic (exact) mass is 252 g/mol. The van der Waals surface area contributed by atoms with E-state index in [1.54, 1.807) is 13.8 Å². The van der Waals surface area contributed by atoms with Crippen LogP contribution in [0.5, 0.6) is 5.75 Å². The molecule has 0 saturated heterocycles. The third kappa shape index (κ3) is 2.77. The Bertz CT molecular complexity index is 455. The number of amides is 1. The summed E-state index contributed by atoms with van der Waals surface area (Å²) in [6.07, 6.45) is 3.02. The van der Waals surface area contributed by atoms with Crippen molar-refractivity contribution in [2.45, 2.75) is 32.2 Å². The molecular weight excluding hydrogens is 236 g/mol. The quantitative estimate of drug-likeness (QED) is 0.730. The maximum Gasteiger partial charge on any atom is 0.329 e. The number of aromatic nitrogens is 1. The van der Waals surface area contributed by atoms with E-state index in [2.05, 4.69) is 10.3 Å². The summed E-state index contributed by atoms with van der Waals surface area (Å²) in [4.78, 5) is 26.8. The standard InChI is InChI=1S/C12H16N2O4/c1-3-12(4-2,11(17)18)14-10(16)8-5-9(15)7-13-6-8/h5-7,15H,3-4H2,1-2H3,(H,14,16)(H,17,18). The molecule has 6 nitrogen and oxygen atoms in total. The molecule has 0 unspecified atom stereocenters. The van der Waals surface area contributed by atoms with Crippen molar-refractivity contribution >= 4 is 11.9 Å². The molecule has 0 spiro atoms. The fourth-order valence-corrected chi connectivity index (χ4v) is 1.62. The van der Waals surface area contributed by atoms with Crippen LogP contribution in [0.25, 0.3) is 0 Å². The fourth-order valence-electron chi connectivity index (χ4n) is 1.62. The molecule has 0 radical (unpaired) electrons. The fraction of sp³-hybridized carbons (Fsp3) is 0.417. The second-order valence-electron chi connectivity index (χ2n) is 3.98. The molecule has 1 heterocycles. The van der Waals surface area contributed by atoms with E-state index in [0.717, 1.165) is 0 Å². The van der Waals surface area contributed by atoms with Crippen LogP contribution in [0.3, 0.4) is 0 Å². The minimum Gasteiger partial charge on any atom is -0.506 e. The number of hydrogen-bond acceptors (Lipinski definition) is 4. The Kier molecular flexibility index (Phi) is 4.25. The lowest BCUT2D eigenvalue weighted by molar-refractivity contribution is -0.144. The van der Waals surface area contributed by atoms with E-state index < -0.39 is 17.4 Å². The van der Waals surface area contributed by atoms with Gasteiger partial charge in [0.25, 0.3) is 5.91 Å². The largest absolute Gasteiger partial charge is 0.506 e. The Morgan fingerprint density at radius 1 is 1.33 bits per heavy atom. The molecule has 0 aliphatic carbocycles. The third-order valence-electron chi connectivity index (χ3n) is 2.96. The summed E-state index contributed by atoms with van der Waals surface area (Å²) in [5.41, 5.74) is -1.16. The first-order valence-corrected chi connectivity index (χ1v) is 5.65. The minimum absolute atomic E-state index is 0.127. The molecule has 1 aromatic heterocycles. The van der Waals surface area contributed by atoms with Crippen LogP contribution in [0.1, 0.15) is 37.0 Å². The van der Waals surface area contributed by atoms with E-state index >= 15 is 0 Å². The van der Waals surface area contributed by atoms with Gasteiger partial charge in [0.1, 0.15) is 11.3 Å². The molecule has 0 aliphatic heterocycles. The average Bonchev–Trinajstić information content (AvgIpc) is 2.35. The maximum absolute atomic E-state index is 11.9. The number of nitrogens with one attached hydrogen (secondary N) is 1. The van der Waals surface area contributed by atoms with Crippen LogP contribution in [0.2, 0.25) is 0 Å². The zero-order chi connectivity index (χ0) is 13.8. The van der Waals surface area contributed by atoms with Gasteiger partial charge in [-0.1, -0.05) is 13.8 Å². The van der Waals surface area contributed by atoms with Crippen molar-refractivity contribution < 1.29 is 19.8 Å². The lowest BCUT2D eigenvalue weighted by Gasteiger charge is -2.27. The maximum atomic E-state index is 11.9. The predicted octanol–water partition coefficient (Wildman–Crippen LogP) is 1.16. The Balaban J connectivity index is 2.95. The topological polar surface area (TPSA) is 99.5 Å². The number of carbonyl (C=O) groups excluding carboxylic acids is 1. The highest BCUT2D eigenvalue weighted by atomic mass is 16.4. The first-order valence-electron chi connectivity index (χ1n) is 5.65. The second-order valence-corrected chi connectivity index (χ2v) is 3.98. The van der Waals surface area contributed by atoms with Crippen LogP contribution in [0.4, 0.5) is 0 Å². The SMILES string of the molecule is CCC(CC)(NC(=O)c1cncc(O)c1)C(=O)O. The highest BCUT2D eigenvalue weighted by Gasteiger charge is 2.36. The van der Waals surface area contributed by atoms with Crippen LogP contribution in [-0.2, 0) is 4.79 Å². The van der Waals surface area contributed by atoms with Crippen molar-refractivity contribution in [1.29, 1.82) is 0 Å². The van der Waals surface area contributed by atoms with Crippen molar-refractivity contribution in [3.8, 4) is 5.75 Å². The zero-order valence-corrected chi connectivity index (χ0v) is 10.3. The molecule has 6 heteroatoms. The summed E-state index contributed by atoms with van der Waals surface area (Å²) in [5, 5.41) is 20.9. The Labute approximate surface area is 105 Å². The molecule has 1 amide bonds. The van der Waals surface area contributed by atoms with Crippen LogP contribution in [0.15, 0.2) is 18.5 Å². The molecule has 18 heavy (non-hydrogen) atoms. The average molecular weight is 252 g/mol. The van der Waals surface area contributed by atoms with E-state index in [4.69, 9.17) is 0 Å². The van der Waals surface area contributed by atoms with Gasteiger partial charge in [-0.3, -0.25) is 9.78 Å². The van der Waals surface area contributed by atoms with Crippen molar-refractivity contribution in [2.24, 2.45) is 0 Å². The van der Waals surface area contributed by atoms with Crippen molar-refractivity contribution in [1.82, 2.24) is 10.3 Å². The van der Waals surface area contributed by atoms with Crippen molar-refractivity contribution in [2.75, 3.05) is 0 Å². The van der Waals surface area contributed by atoms with E-state index in [0.29, 0.717) is 0 Å². The zero-order valence-electron chi connectivity index (χ0n) is 10.3. The molecule has 0 aromatic carbocycles. The molecule has 98 valence electrons. The van der Waals surface area contributed by atoms with E-state index in [9.17, 15) is 19.8 Å². The smallest absolute Gasteiger partial charge is 0.329 e. The van der Waals surface area contributed by atoms with E-state index in [1.807, 2.05) is 0 Å².